The Hall–Kier alpha value is -0.850. The number of halogens is 2. The fraction of sp³-hybridized carbons (Fsp3) is 0.533. The highest BCUT2D eigenvalue weighted by atomic mass is 35.5. The smallest absolute Gasteiger partial charge is 0.240 e. The number of hydrogen-bond acceptors (Lipinski definition) is 4. The average Bonchev–Trinajstić information content (AvgIpc) is 2.48. The predicted octanol–water partition coefficient (Wildman–Crippen LogP) is 2.07. The molecule has 124 valence electrons. The molecule has 2 rings (SSSR count). The minimum atomic E-state index is -0.842. The van der Waals surface area contributed by atoms with Crippen LogP contribution in [0.5, 0.6) is 0 Å². The fourth-order valence-electron chi connectivity index (χ4n) is 2.37. The zero-order valence-corrected chi connectivity index (χ0v) is 14.1. The number of ether oxygens (including phenoxy) is 2. The quantitative estimate of drug-likeness (QED) is 0.854. The number of benzene rings is 1. The lowest BCUT2D eigenvalue weighted by atomic mass is 9.90. The Balaban J connectivity index is 0.00000242. The van der Waals surface area contributed by atoms with Crippen LogP contribution in [-0.2, 0) is 14.3 Å². The normalized spacial score (nSPS) is 18.1. The van der Waals surface area contributed by atoms with Crippen LogP contribution >= 0.6 is 24.0 Å². The first-order chi connectivity index (χ1) is 10.0. The summed E-state index contributed by atoms with van der Waals surface area (Å²) in [5.74, 6) is -0.158. The zero-order valence-electron chi connectivity index (χ0n) is 12.5. The van der Waals surface area contributed by atoms with Crippen LogP contribution in [0.4, 0.5) is 0 Å². The molecule has 3 N–H and O–H groups in total. The molecule has 1 aromatic rings. The molecule has 1 unspecified atom stereocenters. The van der Waals surface area contributed by atoms with Gasteiger partial charge in [-0.2, -0.15) is 0 Å². The third kappa shape index (κ3) is 4.83. The highest BCUT2D eigenvalue weighted by Gasteiger charge is 2.35. The van der Waals surface area contributed by atoms with Crippen LogP contribution in [0.2, 0.25) is 5.02 Å². The summed E-state index contributed by atoms with van der Waals surface area (Å²) in [6, 6.07) is 7.40. The largest absolute Gasteiger partial charge is 0.381 e. The van der Waals surface area contributed by atoms with Crippen molar-refractivity contribution < 1.29 is 14.3 Å². The second kappa shape index (κ2) is 8.70. The summed E-state index contributed by atoms with van der Waals surface area (Å²) >= 11 is 5.98. The molecule has 0 radical (unpaired) electrons. The number of nitrogens with one attached hydrogen (secondary N) is 1. The maximum absolute atomic E-state index is 12.3. The maximum Gasteiger partial charge on any atom is 0.240 e. The van der Waals surface area contributed by atoms with Crippen molar-refractivity contribution in [2.45, 2.75) is 24.5 Å². The SMILES string of the molecule is COC(CNC(=O)C1(N)CCOCC1)c1cccc(Cl)c1.Cl. The lowest BCUT2D eigenvalue weighted by Crippen LogP contribution is -2.57. The van der Waals surface area contributed by atoms with Crippen molar-refractivity contribution in [3.8, 4) is 0 Å². The number of rotatable bonds is 5. The lowest BCUT2D eigenvalue weighted by molar-refractivity contribution is -0.130. The summed E-state index contributed by atoms with van der Waals surface area (Å²) in [6.45, 7) is 1.40. The van der Waals surface area contributed by atoms with Crippen LogP contribution in [0.15, 0.2) is 24.3 Å². The van der Waals surface area contributed by atoms with E-state index in [4.69, 9.17) is 26.8 Å². The number of methoxy groups -OCH3 is 1. The molecule has 0 aromatic heterocycles. The molecular formula is C15H22Cl2N2O3. The molecule has 0 bridgehead atoms. The van der Waals surface area contributed by atoms with Gasteiger partial charge in [0.25, 0.3) is 0 Å². The van der Waals surface area contributed by atoms with Crippen LogP contribution in [0.3, 0.4) is 0 Å². The Bertz CT molecular complexity index is 493. The Kier molecular flexibility index (Phi) is 7.59. The number of carbonyl (C=O) groups is 1. The molecular weight excluding hydrogens is 327 g/mol. The molecule has 1 heterocycles. The summed E-state index contributed by atoms with van der Waals surface area (Å²) in [5, 5.41) is 3.51. The number of carbonyl (C=O) groups excluding carboxylic acids is 1. The van der Waals surface area contributed by atoms with E-state index < -0.39 is 5.54 Å². The summed E-state index contributed by atoms with van der Waals surface area (Å²) in [6.07, 6.45) is 0.817. The van der Waals surface area contributed by atoms with Crippen LogP contribution in [0.1, 0.15) is 24.5 Å². The standard InChI is InChI=1S/C15H21ClN2O3.ClH/c1-20-13(11-3-2-4-12(16)9-11)10-18-14(19)15(17)5-7-21-8-6-15;/h2-4,9,13H,5-8,10,17H2,1H3,(H,18,19);1H. The van der Waals surface area contributed by atoms with E-state index in [0.29, 0.717) is 37.6 Å². The van der Waals surface area contributed by atoms with E-state index in [1.807, 2.05) is 18.2 Å². The van der Waals surface area contributed by atoms with Crippen molar-refractivity contribution in [1.29, 1.82) is 0 Å². The van der Waals surface area contributed by atoms with Gasteiger partial charge < -0.3 is 20.5 Å². The van der Waals surface area contributed by atoms with E-state index in [-0.39, 0.29) is 24.4 Å². The van der Waals surface area contributed by atoms with Crippen molar-refractivity contribution in [1.82, 2.24) is 5.32 Å². The molecule has 0 saturated carbocycles. The molecule has 1 amide bonds. The van der Waals surface area contributed by atoms with Gasteiger partial charge in [0.05, 0.1) is 11.6 Å². The van der Waals surface area contributed by atoms with Gasteiger partial charge in [-0.15, -0.1) is 12.4 Å². The van der Waals surface area contributed by atoms with Crippen molar-refractivity contribution in [3.05, 3.63) is 34.9 Å². The van der Waals surface area contributed by atoms with Gasteiger partial charge in [0.2, 0.25) is 5.91 Å². The van der Waals surface area contributed by atoms with Gasteiger partial charge in [0, 0.05) is 31.9 Å². The van der Waals surface area contributed by atoms with Gasteiger partial charge >= 0.3 is 0 Å². The van der Waals surface area contributed by atoms with Crippen LogP contribution in [-0.4, -0.2) is 38.3 Å². The van der Waals surface area contributed by atoms with Gasteiger partial charge in [0.15, 0.2) is 0 Å². The van der Waals surface area contributed by atoms with Gasteiger partial charge in [-0.25, -0.2) is 0 Å². The van der Waals surface area contributed by atoms with Crippen LogP contribution in [0, 0.1) is 0 Å². The fourth-order valence-corrected chi connectivity index (χ4v) is 2.57. The van der Waals surface area contributed by atoms with Crippen molar-refractivity contribution in [2.75, 3.05) is 26.9 Å². The highest BCUT2D eigenvalue weighted by molar-refractivity contribution is 6.30. The number of nitrogens with two attached hydrogens (primary N) is 1. The third-order valence-electron chi connectivity index (χ3n) is 3.79. The van der Waals surface area contributed by atoms with Crippen molar-refractivity contribution in [2.24, 2.45) is 5.73 Å². The average molecular weight is 349 g/mol. The molecule has 0 spiro atoms. The van der Waals surface area contributed by atoms with E-state index in [1.54, 1.807) is 13.2 Å². The Morgan fingerprint density at radius 2 is 2.18 bits per heavy atom. The summed E-state index contributed by atoms with van der Waals surface area (Å²) in [4.78, 5) is 12.3. The van der Waals surface area contributed by atoms with Crippen molar-refractivity contribution >= 4 is 29.9 Å². The minimum Gasteiger partial charge on any atom is -0.381 e. The molecule has 7 heteroatoms. The van der Waals surface area contributed by atoms with E-state index in [0.717, 1.165) is 5.56 Å². The second-order valence-electron chi connectivity index (χ2n) is 5.26. The molecule has 0 aliphatic carbocycles. The summed E-state index contributed by atoms with van der Waals surface area (Å²) < 4.78 is 10.7. The van der Waals surface area contributed by atoms with E-state index in [2.05, 4.69) is 5.32 Å². The molecule has 1 fully saturated rings. The summed E-state index contributed by atoms with van der Waals surface area (Å²) in [7, 11) is 1.60. The molecule has 1 aromatic carbocycles. The first-order valence-corrected chi connectivity index (χ1v) is 7.36. The molecule has 1 aliphatic rings. The first kappa shape index (κ1) is 19.2. The molecule has 5 nitrogen and oxygen atoms in total. The monoisotopic (exact) mass is 348 g/mol. The Labute approximate surface area is 141 Å². The number of hydrogen-bond donors (Lipinski definition) is 2. The molecule has 1 atom stereocenters. The van der Waals surface area contributed by atoms with E-state index >= 15 is 0 Å². The summed E-state index contributed by atoms with van der Waals surface area (Å²) in [5.41, 5.74) is 6.22. The first-order valence-electron chi connectivity index (χ1n) is 6.98. The van der Waals surface area contributed by atoms with Gasteiger partial charge in [-0.05, 0) is 30.5 Å². The van der Waals surface area contributed by atoms with Gasteiger partial charge in [0.1, 0.15) is 0 Å². The highest BCUT2D eigenvalue weighted by Crippen LogP contribution is 2.21. The van der Waals surface area contributed by atoms with E-state index in [1.165, 1.54) is 0 Å². The van der Waals surface area contributed by atoms with Crippen LogP contribution in [0.25, 0.3) is 0 Å². The van der Waals surface area contributed by atoms with Gasteiger partial charge in [-0.3, -0.25) is 4.79 Å². The maximum atomic E-state index is 12.3. The Morgan fingerprint density at radius 3 is 2.77 bits per heavy atom. The van der Waals surface area contributed by atoms with Crippen LogP contribution < -0.4 is 11.1 Å². The van der Waals surface area contributed by atoms with E-state index in [9.17, 15) is 4.79 Å². The van der Waals surface area contributed by atoms with Gasteiger partial charge in [-0.1, -0.05) is 23.7 Å². The minimum absolute atomic E-state index is 0. The number of amides is 1. The topological polar surface area (TPSA) is 73.6 Å². The van der Waals surface area contributed by atoms with Crippen molar-refractivity contribution in [3.63, 3.8) is 0 Å². The lowest BCUT2D eigenvalue weighted by Gasteiger charge is -2.32. The second-order valence-corrected chi connectivity index (χ2v) is 5.69. The molecule has 1 saturated heterocycles. The zero-order chi connectivity index (χ0) is 15.3. The predicted molar refractivity (Wildman–Crippen MR) is 88.4 cm³/mol. The molecule has 1 aliphatic heterocycles. The molecule has 22 heavy (non-hydrogen) atoms. The third-order valence-corrected chi connectivity index (χ3v) is 4.03. The Morgan fingerprint density at radius 1 is 1.50 bits per heavy atom.